The molecule has 1 aromatic rings. The van der Waals surface area contributed by atoms with Gasteiger partial charge in [0.25, 0.3) is 0 Å². The molecule has 2 heteroatoms. The topological polar surface area (TPSA) is 12.0 Å². The van der Waals surface area contributed by atoms with Crippen LogP contribution in [0.1, 0.15) is 56.2 Å². The monoisotopic (exact) mass is 293 g/mol. The minimum absolute atomic E-state index is 0.680. The lowest BCUT2D eigenvalue weighted by Gasteiger charge is -2.12. The molecule has 1 nitrogen and oxygen atoms in total. The molecule has 0 saturated heterocycles. The van der Waals surface area contributed by atoms with Crippen LogP contribution in [0.5, 0.6) is 0 Å². The summed E-state index contributed by atoms with van der Waals surface area (Å²) in [6, 6.07) is 7.56. The molecule has 0 heterocycles. The summed E-state index contributed by atoms with van der Waals surface area (Å²) >= 11 is 2.07. The van der Waals surface area contributed by atoms with E-state index in [1.807, 2.05) is 0 Å². The average Bonchev–Trinajstić information content (AvgIpc) is 2.39. The van der Waals surface area contributed by atoms with Gasteiger partial charge in [-0.1, -0.05) is 42.7 Å². The van der Waals surface area contributed by atoms with Crippen LogP contribution < -0.4 is 5.32 Å². The summed E-state index contributed by atoms with van der Waals surface area (Å²) in [5, 5.41) is 3.55. The molecule has 0 bridgehead atoms. The normalized spacial score (nSPS) is 12.6. The van der Waals surface area contributed by atoms with E-state index in [2.05, 4.69) is 63.0 Å². The third kappa shape index (κ3) is 7.96. The first-order chi connectivity index (χ1) is 9.61. The quantitative estimate of drug-likeness (QED) is 0.603. The third-order valence-electron chi connectivity index (χ3n) is 3.47. The third-order valence-corrected chi connectivity index (χ3v) is 4.58. The SMILES string of the molecule is CCCNC(C)CCCCSCc1cc(C)cc(C)c1. The zero-order valence-corrected chi connectivity index (χ0v) is 14.5. The van der Waals surface area contributed by atoms with E-state index in [1.165, 1.54) is 48.1 Å². The molecule has 0 aliphatic rings. The number of unbranched alkanes of at least 4 members (excludes halogenated alkanes) is 1. The molecule has 1 unspecified atom stereocenters. The summed E-state index contributed by atoms with van der Waals surface area (Å²) in [4.78, 5) is 0. The van der Waals surface area contributed by atoms with E-state index in [0.29, 0.717) is 6.04 Å². The van der Waals surface area contributed by atoms with Gasteiger partial charge in [-0.25, -0.2) is 0 Å². The van der Waals surface area contributed by atoms with Gasteiger partial charge >= 0.3 is 0 Å². The summed E-state index contributed by atoms with van der Waals surface area (Å²) in [6.45, 7) is 10.1. The van der Waals surface area contributed by atoms with Gasteiger partial charge in [0.2, 0.25) is 0 Å². The van der Waals surface area contributed by atoms with Crippen molar-refractivity contribution < 1.29 is 0 Å². The summed E-state index contributed by atoms with van der Waals surface area (Å²) in [7, 11) is 0. The lowest BCUT2D eigenvalue weighted by molar-refractivity contribution is 0.496. The Hall–Kier alpha value is -0.470. The van der Waals surface area contributed by atoms with Gasteiger partial charge in [0.1, 0.15) is 0 Å². The van der Waals surface area contributed by atoms with E-state index in [0.717, 1.165) is 12.3 Å². The Balaban J connectivity index is 2.07. The van der Waals surface area contributed by atoms with Crippen molar-refractivity contribution in [3.8, 4) is 0 Å². The highest BCUT2D eigenvalue weighted by Crippen LogP contribution is 2.17. The number of hydrogen-bond acceptors (Lipinski definition) is 2. The fourth-order valence-electron chi connectivity index (χ4n) is 2.49. The number of hydrogen-bond donors (Lipinski definition) is 1. The first-order valence-corrected chi connectivity index (χ1v) is 9.15. The predicted molar refractivity (Wildman–Crippen MR) is 93.7 cm³/mol. The number of rotatable bonds is 10. The Kier molecular flexibility index (Phi) is 9.04. The Morgan fingerprint density at radius 2 is 1.80 bits per heavy atom. The Morgan fingerprint density at radius 1 is 1.10 bits per heavy atom. The zero-order chi connectivity index (χ0) is 14.8. The van der Waals surface area contributed by atoms with Crippen LogP contribution in [-0.2, 0) is 5.75 Å². The lowest BCUT2D eigenvalue weighted by atomic mass is 10.1. The number of thioether (sulfide) groups is 1. The van der Waals surface area contributed by atoms with Crippen LogP contribution in [0.3, 0.4) is 0 Å². The van der Waals surface area contributed by atoms with Crippen molar-refractivity contribution in [3.63, 3.8) is 0 Å². The molecule has 1 atom stereocenters. The molecule has 0 aliphatic heterocycles. The van der Waals surface area contributed by atoms with Crippen LogP contribution in [0.2, 0.25) is 0 Å². The molecule has 1 N–H and O–H groups in total. The first-order valence-electron chi connectivity index (χ1n) is 8.00. The number of nitrogens with one attached hydrogen (secondary N) is 1. The maximum absolute atomic E-state index is 3.55. The van der Waals surface area contributed by atoms with E-state index < -0.39 is 0 Å². The van der Waals surface area contributed by atoms with Gasteiger partial charge in [-0.15, -0.1) is 0 Å². The molecule has 0 spiro atoms. The highest BCUT2D eigenvalue weighted by molar-refractivity contribution is 7.98. The largest absolute Gasteiger partial charge is 0.314 e. The Bertz CT molecular complexity index is 355. The molecular formula is C18H31NS. The van der Waals surface area contributed by atoms with Crippen molar-refractivity contribution in [1.82, 2.24) is 5.32 Å². The molecule has 1 rings (SSSR count). The molecule has 1 aromatic carbocycles. The van der Waals surface area contributed by atoms with Crippen molar-refractivity contribution in [1.29, 1.82) is 0 Å². The average molecular weight is 294 g/mol. The molecule has 114 valence electrons. The van der Waals surface area contributed by atoms with Crippen molar-refractivity contribution in [2.45, 2.75) is 65.2 Å². The van der Waals surface area contributed by atoms with E-state index >= 15 is 0 Å². The highest BCUT2D eigenvalue weighted by Gasteiger charge is 2.00. The van der Waals surface area contributed by atoms with Crippen LogP contribution in [-0.4, -0.2) is 18.3 Å². The first kappa shape index (κ1) is 17.6. The fourth-order valence-corrected chi connectivity index (χ4v) is 3.44. The van der Waals surface area contributed by atoms with Gasteiger partial charge in [0.05, 0.1) is 0 Å². The fraction of sp³-hybridized carbons (Fsp3) is 0.667. The second-order valence-electron chi connectivity index (χ2n) is 5.90. The summed E-state index contributed by atoms with van der Waals surface area (Å²) in [5.74, 6) is 2.44. The minimum atomic E-state index is 0.680. The zero-order valence-electron chi connectivity index (χ0n) is 13.7. The van der Waals surface area contributed by atoms with E-state index in [9.17, 15) is 0 Å². The molecule has 0 aromatic heterocycles. The summed E-state index contributed by atoms with van der Waals surface area (Å²) < 4.78 is 0. The van der Waals surface area contributed by atoms with Crippen molar-refractivity contribution in [3.05, 3.63) is 34.9 Å². The van der Waals surface area contributed by atoms with Crippen molar-refractivity contribution in [2.75, 3.05) is 12.3 Å². The van der Waals surface area contributed by atoms with Gasteiger partial charge in [-0.3, -0.25) is 0 Å². The van der Waals surface area contributed by atoms with Gasteiger partial charge in [0, 0.05) is 11.8 Å². The molecular weight excluding hydrogens is 262 g/mol. The second-order valence-corrected chi connectivity index (χ2v) is 7.00. The summed E-state index contributed by atoms with van der Waals surface area (Å²) in [5.41, 5.74) is 4.25. The molecule has 0 fully saturated rings. The lowest BCUT2D eigenvalue weighted by Crippen LogP contribution is -2.26. The predicted octanol–water partition coefficient (Wildman–Crippen LogP) is 5.10. The molecule has 0 saturated carbocycles. The van der Waals surface area contributed by atoms with Crippen LogP contribution >= 0.6 is 11.8 Å². The van der Waals surface area contributed by atoms with E-state index in [-0.39, 0.29) is 0 Å². The van der Waals surface area contributed by atoms with Crippen LogP contribution in [0, 0.1) is 13.8 Å². The van der Waals surface area contributed by atoms with E-state index in [4.69, 9.17) is 0 Å². The van der Waals surface area contributed by atoms with E-state index in [1.54, 1.807) is 0 Å². The van der Waals surface area contributed by atoms with Crippen molar-refractivity contribution >= 4 is 11.8 Å². The molecule has 0 amide bonds. The maximum Gasteiger partial charge on any atom is 0.0184 e. The van der Waals surface area contributed by atoms with Gasteiger partial charge in [-0.05, 0) is 57.9 Å². The van der Waals surface area contributed by atoms with Crippen LogP contribution in [0.4, 0.5) is 0 Å². The van der Waals surface area contributed by atoms with Crippen molar-refractivity contribution in [2.24, 2.45) is 0 Å². The second kappa shape index (κ2) is 10.3. The number of benzene rings is 1. The van der Waals surface area contributed by atoms with Gasteiger partial charge < -0.3 is 5.32 Å². The minimum Gasteiger partial charge on any atom is -0.314 e. The van der Waals surface area contributed by atoms with Crippen LogP contribution in [0.15, 0.2) is 18.2 Å². The molecule has 0 aliphatic carbocycles. The smallest absolute Gasteiger partial charge is 0.0184 e. The number of aryl methyl sites for hydroxylation is 2. The Labute approximate surface area is 129 Å². The highest BCUT2D eigenvalue weighted by atomic mass is 32.2. The van der Waals surface area contributed by atoms with Crippen LogP contribution in [0.25, 0.3) is 0 Å². The Morgan fingerprint density at radius 3 is 2.45 bits per heavy atom. The molecule has 0 radical (unpaired) electrons. The summed E-state index contributed by atoms with van der Waals surface area (Å²) in [6.07, 6.45) is 5.23. The van der Waals surface area contributed by atoms with Gasteiger partial charge in [0.15, 0.2) is 0 Å². The van der Waals surface area contributed by atoms with Gasteiger partial charge in [-0.2, -0.15) is 11.8 Å². The maximum atomic E-state index is 3.55. The standard InChI is InChI=1S/C18H31NS/c1-5-9-19-17(4)8-6-7-10-20-14-18-12-15(2)11-16(3)13-18/h11-13,17,19H,5-10,14H2,1-4H3. The molecule has 20 heavy (non-hydrogen) atoms.